The van der Waals surface area contributed by atoms with Crippen molar-refractivity contribution < 1.29 is 22.5 Å². The quantitative estimate of drug-likeness (QED) is 0.862. The van der Waals surface area contributed by atoms with Crippen LogP contribution in [0.5, 0.6) is 0 Å². The molecule has 102 valence electrons. The number of rotatable bonds is 4. The Hall–Kier alpha value is -1.77. The highest BCUT2D eigenvalue weighted by atomic mass is 32.1. The van der Waals surface area contributed by atoms with E-state index in [1.54, 1.807) is 0 Å². The molecule has 9 heteroatoms. The van der Waals surface area contributed by atoms with Gasteiger partial charge in [0.1, 0.15) is 5.01 Å². The normalized spacial score (nSPS) is 11.8. The van der Waals surface area contributed by atoms with E-state index in [1.165, 1.54) is 11.3 Å². The van der Waals surface area contributed by atoms with Gasteiger partial charge >= 0.3 is 6.18 Å². The Bertz CT molecular complexity index is 591. The number of carbonyl (C=O) groups excluding carboxylic acids is 1. The molecule has 0 aromatic carbocycles. The molecule has 5 nitrogen and oxygen atoms in total. The van der Waals surface area contributed by atoms with Gasteiger partial charge in [0.25, 0.3) is 0 Å². The van der Waals surface area contributed by atoms with E-state index in [1.807, 2.05) is 12.3 Å². The van der Waals surface area contributed by atoms with Crippen LogP contribution in [0, 0.1) is 6.92 Å². The minimum Gasteiger partial charge on any atom is -0.339 e. The van der Waals surface area contributed by atoms with Gasteiger partial charge < -0.3 is 4.52 Å². The van der Waals surface area contributed by atoms with Gasteiger partial charge in [0.2, 0.25) is 11.7 Å². The maximum absolute atomic E-state index is 12.0. The lowest BCUT2D eigenvalue weighted by molar-refractivity contribution is -0.170. The molecule has 2 heterocycles. The first-order valence-electron chi connectivity index (χ1n) is 5.17. The van der Waals surface area contributed by atoms with Gasteiger partial charge in [0, 0.05) is 11.1 Å². The monoisotopic (exact) mass is 291 g/mol. The molecule has 0 spiro atoms. The van der Waals surface area contributed by atoms with Gasteiger partial charge in [-0.15, -0.1) is 11.3 Å². The lowest BCUT2D eigenvalue weighted by atomic mass is 10.3. The maximum Gasteiger partial charge on any atom is 0.450 e. The molecule has 0 bridgehead atoms. The molecule has 0 aliphatic rings. The average Bonchev–Trinajstić information content (AvgIpc) is 2.88. The first-order valence-corrected chi connectivity index (χ1v) is 6.05. The molecule has 0 N–H and O–H groups in total. The van der Waals surface area contributed by atoms with E-state index in [2.05, 4.69) is 19.6 Å². The third-order valence-corrected chi connectivity index (χ3v) is 3.08. The van der Waals surface area contributed by atoms with Crippen LogP contribution in [0.25, 0.3) is 0 Å². The third-order valence-electron chi connectivity index (χ3n) is 2.11. The van der Waals surface area contributed by atoms with Crippen LogP contribution < -0.4 is 0 Å². The van der Waals surface area contributed by atoms with Crippen molar-refractivity contribution in [3.63, 3.8) is 0 Å². The summed E-state index contributed by atoms with van der Waals surface area (Å²) in [5, 5.41) is 6.08. The van der Waals surface area contributed by atoms with Gasteiger partial charge in [0.15, 0.2) is 5.82 Å². The number of aryl methyl sites for hydroxylation is 1. The van der Waals surface area contributed by atoms with Crippen molar-refractivity contribution in [1.29, 1.82) is 0 Å². The SMILES string of the molecule is Cc1csc(Cc2noc(CC(=O)C(F)(F)F)n2)n1. The van der Waals surface area contributed by atoms with Gasteiger partial charge in [-0.05, 0) is 6.92 Å². The summed E-state index contributed by atoms with van der Waals surface area (Å²) >= 11 is 1.39. The zero-order chi connectivity index (χ0) is 14.0. The summed E-state index contributed by atoms with van der Waals surface area (Å²) in [6.45, 7) is 1.82. The first kappa shape index (κ1) is 13.7. The molecule has 2 aromatic rings. The van der Waals surface area contributed by atoms with Crippen molar-refractivity contribution in [2.45, 2.75) is 25.9 Å². The number of aromatic nitrogens is 3. The van der Waals surface area contributed by atoms with Crippen molar-refractivity contribution in [2.24, 2.45) is 0 Å². The fourth-order valence-electron chi connectivity index (χ4n) is 1.29. The van der Waals surface area contributed by atoms with E-state index in [0.717, 1.165) is 10.7 Å². The second-order valence-corrected chi connectivity index (χ2v) is 4.70. The highest BCUT2D eigenvalue weighted by Crippen LogP contribution is 2.18. The zero-order valence-corrected chi connectivity index (χ0v) is 10.5. The average molecular weight is 291 g/mol. The lowest BCUT2D eigenvalue weighted by Gasteiger charge is -2.00. The van der Waals surface area contributed by atoms with E-state index in [9.17, 15) is 18.0 Å². The molecule has 2 rings (SSSR count). The van der Waals surface area contributed by atoms with Crippen molar-refractivity contribution in [2.75, 3.05) is 0 Å². The first-order chi connectivity index (χ1) is 8.84. The van der Waals surface area contributed by atoms with Crippen molar-refractivity contribution in [3.05, 3.63) is 27.8 Å². The van der Waals surface area contributed by atoms with Crippen LogP contribution in [-0.4, -0.2) is 27.1 Å². The summed E-state index contributed by atoms with van der Waals surface area (Å²) in [6.07, 6.45) is -5.56. The van der Waals surface area contributed by atoms with Gasteiger partial charge in [-0.1, -0.05) is 5.16 Å². The van der Waals surface area contributed by atoms with Crippen LogP contribution in [-0.2, 0) is 17.6 Å². The molecule has 19 heavy (non-hydrogen) atoms. The summed E-state index contributed by atoms with van der Waals surface area (Å²) in [7, 11) is 0. The van der Waals surface area contributed by atoms with E-state index in [-0.39, 0.29) is 18.1 Å². The van der Waals surface area contributed by atoms with Crippen molar-refractivity contribution in [1.82, 2.24) is 15.1 Å². The van der Waals surface area contributed by atoms with E-state index >= 15 is 0 Å². The molecule has 0 saturated carbocycles. The van der Waals surface area contributed by atoms with Gasteiger partial charge in [0.05, 0.1) is 12.8 Å². The number of halogens is 3. The fraction of sp³-hybridized carbons (Fsp3) is 0.400. The number of hydrogen-bond acceptors (Lipinski definition) is 6. The molecule has 0 saturated heterocycles. The number of Topliss-reactive ketones (excluding diaryl/α,β-unsaturated/α-hetero) is 1. The Kier molecular flexibility index (Phi) is 3.65. The molecule has 0 atom stereocenters. The largest absolute Gasteiger partial charge is 0.450 e. The Morgan fingerprint density at radius 1 is 1.42 bits per heavy atom. The van der Waals surface area contributed by atoms with Crippen LogP contribution >= 0.6 is 11.3 Å². The maximum atomic E-state index is 12.0. The molecule has 2 aromatic heterocycles. The third kappa shape index (κ3) is 3.60. The van der Waals surface area contributed by atoms with Gasteiger partial charge in [-0.2, -0.15) is 18.2 Å². The second-order valence-electron chi connectivity index (χ2n) is 3.76. The Morgan fingerprint density at radius 2 is 2.16 bits per heavy atom. The predicted molar refractivity (Wildman–Crippen MR) is 58.7 cm³/mol. The van der Waals surface area contributed by atoms with Crippen LogP contribution in [0.4, 0.5) is 13.2 Å². The number of carbonyl (C=O) groups is 1. The van der Waals surface area contributed by atoms with Crippen LogP contribution in [0.3, 0.4) is 0 Å². The number of thiazole rings is 1. The molecule has 0 fully saturated rings. The molecule has 0 aliphatic heterocycles. The number of alkyl halides is 3. The van der Waals surface area contributed by atoms with Crippen LogP contribution in [0.2, 0.25) is 0 Å². The minimum atomic E-state index is -4.89. The summed E-state index contributed by atoms with van der Waals surface area (Å²) in [5.41, 5.74) is 0.843. The van der Waals surface area contributed by atoms with E-state index in [4.69, 9.17) is 0 Å². The second kappa shape index (κ2) is 5.08. The zero-order valence-electron chi connectivity index (χ0n) is 9.69. The Balaban J connectivity index is 2.01. The molecule has 0 amide bonds. The minimum absolute atomic E-state index is 0.208. The molecular formula is C10H8F3N3O2S. The highest BCUT2D eigenvalue weighted by Gasteiger charge is 2.39. The van der Waals surface area contributed by atoms with Gasteiger partial charge in [-0.3, -0.25) is 4.79 Å². The predicted octanol–water partition coefficient (Wildman–Crippen LogP) is 2.10. The fourth-order valence-corrected chi connectivity index (χ4v) is 2.06. The lowest BCUT2D eigenvalue weighted by Crippen LogP contribution is -2.24. The number of hydrogen-bond donors (Lipinski definition) is 0. The van der Waals surface area contributed by atoms with Crippen molar-refractivity contribution >= 4 is 17.1 Å². The summed E-state index contributed by atoms with van der Waals surface area (Å²) < 4.78 is 40.7. The summed E-state index contributed by atoms with van der Waals surface area (Å²) in [6, 6.07) is 0. The standard InChI is InChI=1S/C10H8F3N3O2S/c1-5-4-19-9(14-5)3-7-15-8(18-16-7)2-6(17)10(11,12)13/h4H,2-3H2,1H3. The molecule has 0 aliphatic carbocycles. The van der Waals surface area contributed by atoms with Crippen LogP contribution in [0.1, 0.15) is 22.4 Å². The summed E-state index contributed by atoms with van der Waals surface area (Å²) in [5.74, 6) is -2.04. The number of ketones is 1. The van der Waals surface area contributed by atoms with Gasteiger partial charge in [-0.25, -0.2) is 4.98 Å². The highest BCUT2D eigenvalue weighted by molar-refractivity contribution is 7.09. The molecular weight excluding hydrogens is 283 g/mol. The van der Waals surface area contributed by atoms with Crippen molar-refractivity contribution in [3.8, 4) is 0 Å². The van der Waals surface area contributed by atoms with E-state index < -0.39 is 18.4 Å². The smallest absolute Gasteiger partial charge is 0.339 e. The summed E-state index contributed by atoms with van der Waals surface area (Å²) in [4.78, 5) is 18.6. The van der Waals surface area contributed by atoms with Crippen LogP contribution in [0.15, 0.2) is 9.90 Å². The topological polar surface area (TPSA) is 68.9 Å². The number of nitrogens with zero attached hydrogens (tertiary/aromatic N) is 3. The van der Waals surface area contributed by atoms with E-state index in [0.29, 0.717) is 0 Å². The Morgan fingerprint density at radius 3 is 2.74 bits per heavy atom. The Labute approximate surface area is 109 Å². The molecule has 0 radical (unpaired) electrons. The molecule has 0 unspecified atom stereocenters.